The molecule has 0 atom stereocenters. The molecule has 3 nitrogen and oxygen atoms in total. The molecule has 1 aliphatic carbocycles. The Balaban J connectivity index is 2.03. The number of methoxy groups -OCH3 is 1. The highest BCUT2D eigenvalue weighted by atomic mass is 35.5. The first-order chi connectivity index (χ1) is 10.1. The molecule has 1 aromatic carbocycles. The van der Waals surface area contributed by atoms with Gasteiger partial charge in [0.2, 0.25) is 0 Å². The van der Waals surface area contributed by atoms with Gasteiger partial charge in [-0.1, -0.05) is 24.6 Å². The van der Waals surface area contributed by atoms with Crippen molar-refractivity contribution in [3.63, 3.8) is 0 Å². The first-order valence-electron chi connectivity index (χ1n) is 7.96. The molecule has 2 N–H and O–H groups in total. The summed E-state index contributed by atoms with van der Waals surface area (Å²) in [5, 5.41) is 0.692. The van der Waals surface area contributed by atoms with Crippen LogP contribution in [0.5, 0.6) is 5.75 Å². The molecule has 1 aliphatic rings. The second-order valence-corrected chi connectivity index (χ2v) is 6.42. The fourth-order valence-corrected chi connectivity index (χ4v) is 3.47. The highest BCUT2D eigenvalue weighted by Gasteiger charge is 2.23. The third-order valence-electron chi connectivity index (χ3n) is 4.37. The van der Waals surface area contributed by atoms with Crippen molar-refractivity contribution in [3.8, 4) is 5.75 Å². The van der Waals surface area contributed by atoms with Crippen LogP contribution in [0.25, 0.3) is 0 Å². The zero-order valence-electron chi connectivity index (χ0n) is 13.1. The number of hydrogen-bond donors (Lipinski definition) is 1. The summed E-state index contributed by atoms with van der Waals surface area (Å²) in [6.07, 6.45) is 5.89. The van der Waals surface area contributed by atoms with Gasteiger partial charge in [0.05, 0.1) is 12.1 Å². The molecule has 0 amide bonds. The molecule has 2 rings (SSSR count). The predicted molar refractivity (Wildman–Crippen MR) is 88.9 cm³/mol. The van der Waals surface area contributed by atoms with Crippen molar-refractivity contribution in [1.82, 2.24) is 4.90 Å². The van der Waals surface area contributed by atoms with Crippen LogP contribution in [0.2, 0.25) is 5.02 Å². The van der Waals surface area contributed by atoms with E-state index in [1.54, 1.807) is 7.11 Å². The fraction of sp³-hybridized carbons (Fsp3) is 0.647. The Labute approximate surface area is 133 Å². The average Bonchev–Trinajstić information content (AvgIpc) is 2.48. The standard InChI is InChI=1S/C17H27ClN2O/c1-3-10-20(15-7-5-14(19)6-8-15)12-13-4-9-17(21-2)16(18)11-13/h4,9,11,14-15H,3,5-8,10,12,19H2,1-2H3. The van der Waals surface area contributed by atoms with Gasteiger partial charge >= 0.3 is 0 Å². The van der Waals surface area contributed by atoms with Gasteiger partial charge in [0, 0.05) is 18.6 Å². The van der Waals surface area contributed by atoms with Crippen LogP contribution in [0.1, 0.15) is 44.6 Å². The maximum absolute atomic E-state index is 6.23. The molecule has 4 heteroatoms. The molecule has 0 spiro atoms. The Morgan fingerprint density at radius 3 is 2.57 bits per heavy atom. The monoisotopic (exact) mass is 310 g/mol. The van der Waals surface area contributed by atoms with E-state index in [1.165, 1.54) is 24.8 Å². The van der Waals surface area contributed by atoms with Gasteiger partial charge in [-0.2, -0.15) is 0 Å². The van der Waals surface area contributed by atoms with E-state index in [-0.39, 0.29) is 0 Å². The van der Waals surface area contributed by atoms with Crippen LogP contribution < -0.4 is 10.5 Å². The number of ether oxygens (including phenoxy) is 1. The summed E-state index contributed by atoms with van der Waals surface area (Å²) in [5.74, 6) is 0.742. The van der Waals surface area contributed by atoms with Crippen LogP contribution >= 0.6 is 11.6 Å². The molecule has 0 heterocycles. The van der Waals surface area contributed by atoms with Crippen molar-refractivity contribution < 1.29 is 4.74 Å². The lowest BCUT2D eigenvalue weighted by atomic mass is 9.90. The van der Waals surface area contributed by atoms with Gasteiger partial charge in [0.15, 0.2) is 0 Å². The summed E-state index contributed by atoms with van der Waals surface area (Å²) in [4.78, 5) is 2.59. The minimum Gasteiger partial charge on any atom is -0.495 e. The smallest absolute Gasteiger partial charge is 0.137 e. The first-order valence-corrected chi connectivity index (χ1v) is 8.33. The van der Waals surface area contributed by atoms with Crippen molar-refractivity contribution in [2.75, 3.05) is 13.7 Å². The highest BCUT2D eigenvalue weighted by molar-refractivity contribution is 6.32. The average molecular weight is 311 g/mol. The number of benzene rings is 1. The number of halogens is 1. The lowest BCUT2D eigenvalue weighted by molar-refractivity contribution is 0.142. The predicted octanol–water partition coefficient (Wildman–Crippen LogP) is 3.83. The van der Waals surface area contributed by atoms with Gasteiger partial charge in [0.25, 0.3) is 0 Å². The molecule has 0 bridgehead atoms. The Morgan fingerprint density at radius 2 is 2.00 bits per heavy atom. The van der Waals surface area contributed by atoms with E-state index in [4.69, 9.17) is 22.1 Å². The molecular formula is C17H27ClN2O. The topological polar surface area (TPSA) is 38.5 Å². The minimum absolute atomic E-state index is 0.403. The first kappa shape index (κ1) is 16.6. The van der Waals surface area contributed by atoms with Crippen LogP contribution in [0.15, 0.2) is 18.2 Å². The molecule has 0 unspecified atom stereocenters. The molecule has 0 saturated heterocycles. The summed E-state index contributed by atoms with van der Waals surface area (Å²) < 4.78 is 5.22. The second-order valence-electron chi connectivity index (χ2n) is 6.01. The number of nitrogens with two attached hydrogens (primary N) is 1. The summed E-state index contributed by atoms with van der Waals surface area (Å²) in [6.45, 7) is 4.32. The van der Waals surface area contributed by atoms with Crippen molar-refractivity contribution in [2.45, 2.75) is 57.7 Å². The molecule has 1 saturated carbocycles. The normalized spacial score (nSPS) is 22.5. The third kappa shape index (κ3) is 4.60. The Morgan fingerprint density at radius 1 is 1.29 bits per heavy atom. The van der Waals surface area contributed by atoms with Crippen LogP contribution in [-0.2, 0) is 6.54 Å². The van der Waals surface area contributed by atoms with Crippen LogP contribution in [0.3, 0.4) is 0 Å². The van der Waals surface area contributed by atoms with E-state index < -0.39 is 0 Å². The molecule has 1 aromatic rings. The zero-order valence-corrected chi connectivity index (χ0v) is 13.9. The van der Waals surface area contributed by atoms with E-state index in [0.29, 0.717) is 17.1 Å². The number of rotatable bonds is 6. The van der Waals surface area contributed by atoms with E-state index in [1.807, 2.05) is 12.1 Å². The maximum atomic E-state index is 6.23. The third-order valence-corrected chi connectivity index (χ3v) is 4.67. The highest BCUT2D eigenvalue weighted by Crippen LogP contribution is 2.28. The number of hydrogen-bond acceptors (Lipinski definition) is 3. The molecule has 0 aromatic heterocycles. The van der Waals surface area contributed by atoms with Gasteiger partial charge in [-0.05, 0) is 56.3 Å². The lowest BCUT2D eigenvalue weighted by Gasteiger charge is -2.36. The summed E-state index contributed by atoms with van der Waals surface area (Å²) >= 11 is 6.23. The summed E-state index contributed by atoms with van der Waals surface area (Å²) in [7, 11) is 1.65. The SMILES string of the molecule is CCCN(Cc1ccc(OC)c(Cl)c1)C1CCC(N)CC1. The zero-order chi connectivity index (χ0) is 15.2. The van der Waals surface area contributed by atoms with Gasteiger partial charge in [-0.25, -0.2) is 0 Å². The van der Waals surface area contributed by atoms with Crippen molar-refractivity contribution in [1.29, 1.82) is 0 Å². The van der Waals surface area contributed by atoms with E-state index in [2.05, 4.69) is 17.9 Å². The molecule has 1 fully saturated rings. The van der Waals surface area contributed by atoms with Gasteiger partial charge in [0.1, 0.15) is 5.75 Å². The lowest BCUT2D eigenvalue weighted by Crippen LogP contribution is -2.40. The fourth-order valence-electron chi connectivity index (χ4n) is 3.19. The van der Waals surface area contributed by atoms with E-state index >= 15 is 0 Å². The Bertz CT molecular complexity index is 444. The van der Waals surface area contributed by atoms with Crippen LogP contribution in [0.4, 0.5) is 0 Å². The molecule has 21 heavy (non-hydrogen) atoms. The molecular weight excluding hydrogens is 284 g/mol. The molecule has 118 valence electrons. The largest absolute Gasteiger partial charge is 0.495 e. The van der Waals surface area contributed by atoms with E-state index in [9.17, 15) is 0 Å². The Hall–Kier alpha value is -0.770. The summed E-state index contributed by atoms with van der Waals surface area (Å²) in [5.41, 5.74) is 7.28. The maximum Gasteiger partial charge on any atom is 0.137 e. The molecule has 0 aliphatic heterocycles. The van der Waals surface area contributed by atoms with Crippen molar-refractivity contribution >= 4 is 11.6 Å². The number of nitrogens with zero attached hydrogens (tertiary/aromatic N) is 1. The van der Waals surface area contributed by atoms with E-state index in [0.717, 1.165) is 31.7 Å². The minimum atomic E-state index is 0.403. The van der Waals surface area contributed by atoms with Gasteiger partial charge in [-0.15, -0.1) is 0 Å². The van der Waals surface area contributed by atoms with Gasteiger partial charge < -0.3 is 10.5 Å². The van der Waals surface area contributed by atoms with Crippen LogP contribution in [-0.4, -0.2) is 30.6 Å². The van der Waals surface area contributed by atoms with Crippen molar-refractivity contribution in [2.24, 2.45) is 5.73 Å². The van der Waals surface area contributed by atoms with Crippen LogP contribution in [0, 0.1) is 0 Å². The Kier molecular flexibility index (Phi) is 6.34. The quantitative estimate of drug-likeness (QED) is 0.868. The van der Waals surface area contributed by atoms with Gasteiger partial charge in [-0.3, -0.25) is 4.90 Å². The molecule has 0 radical (unpaired) electrons. The van der Waals surface area contributed by atoms with Crippen molar-refractivity contribution in [3.05, 3.63) is 28.8 Å². The summed E-state index contributed by atoms with van der Waals surface area (Å²) in [6, 6.07) is 7.16. The second kappa shape index (κ2) is 8.02.